The van der Waals surface area contributed by atoms with Gasteiger partial charge >= 0.3 is 0 Å². The number of allylic oxidation sites excluding steroid dienone is 1. The number of nitrogens with zero attached hydrogens (tertiary/aromatic N) is 2. The molecule has 0 amide bonds. The average Bonchev–Trinajstić information content (AvgIpc) is 2.38. The van der Waals surface area contributed by atoms with Gasteiger partial charge in [0.1, 0.15) is 11.9 Å². The molecule has 1 rings (SSSR count). The van der Waals surface area contributed by atoms with Crippen LogP contribution in [0.15, 0.2) is 35.6 Å². The molecule has 0 saturated heterocycles. The van der Waals surface area contributed by atoms with Crippen LogP contribution < -0.4 is 5.73 Å². The van der Waals surface area contributed by atoms with Crippen molar-refractivity contribution in [3.05, 3.63) is 41.3 Å². The lowest BCUT2D eigenvalue weighted by Gasteiger charge is -2.05. The van der Waals surface area contributed by atoms with Crippen LogP contribution in [0.3, 0.4) is 0 Å². The van der Waals surface area contributed by atoms with Gasteiger partial charge in [-0.15, -0.1) is 0 Å². The lowest BCUT2D eigenvalue weighted by molar-refractivity contribution is 0.131. The first-order chi connectivity index (χ1) is 9.13. The summed E-state index contributed by atoms with van der Waals surface area (Å²) in [4.78, 5) is 8.37. The first-order valence-corrected chi connectivity index (χ1v) is 6.63. The lowest BCUT2D eigenvalue weighted by Crippen LogP contribution is -2.04. The summed E-state index contributed by atoms with van der Waals surface area (Å²) in [6.07, 6.45) is 5.85. The number of aromatic nitrogens is 1. The molecule has 0 atom stereocenters. The van der Waals surface area contributed by atoms with Gasteiger partial charge in [-0.1, -0.05) is 25.4 Å². The zero-order valence-corrected chi connectivity index (χ0v) is 12.1. The Labute approximate surface area is 119 Å². The van der Waals surface area contributed by atoms with Crippen molar-refractivity contribution in [3.8, 4) is 0 Å². The SMILES string of the molecule is CC(C)CCOC/N=C(/C=C\N)c1ccc(Cl)nc1. The lowest BCUT2D eigenvalue weighted by atomic mass is 10.1. The molecule has 1 aromatic rings. The van der Waals surface area contributed by atoms with Crippen LogP contribution in [0.25, 0.3) is 0 Å². The monoisotopic (exact) mass is 281 g/mol. The van der Waals surface area contributed by atoms with Crippen molar-refractivity contribution < 1.29 is 4.74 Å². The van der Waals surface area contributed by atoms with Crippen molar-refractivity contribution >= 4 is 17.3 Å². The predicted molar refractivity (Wildman–Crippen MR) is 79.4 cm³/mol. The minimum Gasteiger partial charge on any atom is -0.405 e. The number of rotatable bonds is 7. The number of nitrogens with two attached hydrogens (primary N) is 1. The van der Waals surface area contributed by atoms with Crippen LogP contribution in [0, 0.1) is 5.92 Å². The van der Waals surface area contributed by atoms with Crippen molar-refractivity contribution in [1.82, 2.24) is 4.98 Å². The highest BCUT2D eigenvalue weighted by atomic mass is 35.5. The van der Waals surface area contributed by atoms with Gasteiger partial charge in [0.05, 0.1) is 5.71 Å². The van der Waals surface area contributed by atoms with Crippen LogP contribution in [0.1, 0.15) is 25.8 Å². The van der Waals surface area contributed by atoms with E-state index in [0.717, 1.165) is 17.7 Å². The van der Waals surface area contributed by atoms with Crippen LogP contribution in [-0.4, -0.2) is 24.0 Å². The summed E-state index contributed by atoms with van der Waals surface area (Å²) in [5, 5.41) is 0.452. The van der Waals surface area contributed by atoms with Gasteiger partial charge in [-0.2, -0.15) is 0 Å². The molecule has 0 aliphatic carbocycles. The Hall–Kier alpha value is -1.39. The summed E-state index contributed by atoms with van der Waals surface area (Å²) in [6, 6.07) is 3.57. The second kappa shape index (κ2) is 8.67. The standard InChI is InChI=1S/C14H20ClN3O/c1-11(2)6-8-19-10-18-13(5-7-16)12-3-4-14(15)17-9-12/h3-5,7,9,11H,6,8,10,16H2,1-2H3/b7-5-,18-13-. The van der Waals surface area contributed by atoms with Crippen molar-refractivity contribution in [2.24, 2.45) is 16.6 Å². The van der Waals surface area contributed by atoms with Crippen molar-refractivity contribution in [3.63, 3.8) is 0 Å². The highest BCUT2D eigenvalue weighted by Gasteiger charge is 2.00. The molecule has 19 heavy (non-hydrogen) atoms. The van der Waals surface area contributed by atoms with Crippen LogP contribution >= 0.6 is 11.6 Å². The Bertz CT molecular complexity index is 427. The molecule has 104 valence electrons. The molecule has 0 aromatic carbocycles. The molecule has 5 heteroatoms. The largest absolute Gasteiger partial charge is 0.405 e. The first kappa shape index (κ1) is 15.7. The van der Waals surface area contributed by atoms with E-state index in [1.165, 1.54) is 6.20 Å². The van der Waals surface area contributed by atoms with E-state index in [-0.39, 0.29) is 0 Å². The van der Waals surface area contributed by atoms with Crippen molar-refractivity contribution in [2.75, 3.05) is 13.3 Å². The van der Waals surface area contributed by atoms with E-state index >= 15 is 0 Å². The van der Waals surface area contributed by atoms with E-state index in [1.54, 1.807) is 18.3 Å². The van der Waals surface area contributed by atoms with Crippen LogP contribution in [-0.2, 0) is 4.74 Å². The van der Waals surface area contributed by atoms with E-state index < -0.39 is 0 Å². The number of hydrogen-bond acceptors (Lipinski definition) is 4. The maximum atomic E-state index is 5.75. The smallest absolute Gasteiger partial charge is 0.138 e. The van der Waals surface area contributed by atoms with Crippen molar-refractivity contribution in [1.29, 1.82) is 0 Å². The predicted octanol–water partition coefficient (Wildman–Crippen LogP) is 3.02. The van der Waals surface area contributed by atoms with E-state index in [9.17, 15) is 0 Å². The molecule has 0 aliphatic rings. The third-order valence-electron chi connectivity index (χ3n) is 2.44. The molecule has 2 N–H and O–H groups in total. The summed E-state index contributed by atoms with van der Waals surface area (Å²) in [5.74, 6) is 0.632. The minimum atomic E-state index is 0.315. The Balaban J connectivity index is 2.59. The van der Waals surface area contributed by atoms with E-state index in [0.29, 0.717) is 24.4 Å². The van der Waals surface area contributed by atoms with Gasteiger partial charge < -0.3 is 10.5 Å². The third-order valence-corrected chi connectivity index (χ3v) is 2.67. The molecule has 0 bridgehead atoms. The van der Waals surface area contributed by atoms with Crippen LogP contribution in [0.5, 0.6) is 0 Å². The Kier molecular flexibility index (Phi) is 7.15. The molecule has 0 unspecified atom stereocenters. The van der Waals surface area contributed by atoms with Gasteiger partial charge in [-0.25, -0.2) is 4.98 Å². The topological polar surface area (TPSA) is 60.5 Å². The molecule has 1 aromatic heterocycles. The Morgan fingerprint density at radius 2 is 2.32 bits per heavy atom. The Morgan fingerprint density at radius 1 is 1.53 bits per heavy atom. The van der Waals surface area contributed by atoms with E-state index in [2.05, 4.69) is 23.8 Å². The highest BCUT2D eigenvalue weighted by molar-refractivity contribution is 6.29. The van der Waals surface area contributed by atoms with Crippen molar-refractivity contribution in [2.45, 2.75) is 20.3 Å². The molecule has 0 spiro atoms. The van der Waals surface area contributed by atoms with Gasteiger partial charge in [0.2, 0.25) is 0 Å². The zero-order valence-electron chi connectivity index (χ0n) is 11.3. The number of aliphatic imine (C=N–C) groups is 1. The number of halogens is 1. The fourth-order valence-electron chi connectivity index (χ4n) is 1.36. The van der Waals surface area contributed by atoms with Gasteiger partial charge in [0.15, 0.2) is 0 Å². The maximum Gasteiger partial charge on any atom is 0.138 e. The Morgan fingerprint density at radius 3 is 2.89 bits per heavy atom. The number of pyridine rings is 1. The van der Waals surface area contributed by atoms with E-state index in [1.807, 2.05) is 6.07 Å². The summed E-state index contributed by atoms with van der Waals surface area (Å²) >= 11 is 5.75. The number of hydrogen-bond donors (Lipinski definition) is 1. The second-order valence-corrected chi connectivity index (χ2v) is 4.88. The quantitative estimate of drug-likeness (QED) is 0.475. The highest BCUT2D eigenvalue weighted by Crippen LogP contribution is 2.07. The molecule has 0 saturated carbocycles. The second-order valence-electron chi connectivity index (χ2n) is 4.49. The fraction of sp³-hybridized carbons (Fsp3) is 0.429. The van der Waals surface area contributed by atoms with E-state index in [4.69, 9.17) is 22.1 Å². The molecule has 0 radical (unpaired) electrons. The zero-order chi connectivity index (χ0) is 14.1. The summed E-state index contributed by atoms with van der Waals surface area (Å²) in [7, 11) is 0. The summed E-state index contributed by atoms with van der Waals surface area (Å²) in [6.45, 7) is 5.35. The van der Waals surface area contributed by atoms with Gasteiger partial charge in [-0.3, -0.25) is 4.99 Å². The minimum absolute atomic E-state index is 0.315. The first-order valence-electron chi connectivity index (χ1n) is 6.26. The molecular formula is C14H20ClN3O. The molecule has 0 aliphatic heterocycles. The summed E-state index contributed by atoms with van der Waals surface area (Å²) in [5.41, 5.74) is 7.01. The van der Waals surface area contributed by atoms with Gasteiger partial charge in [-0.05, 0) is 36.7 Å². The normalized spacial score (nSPS) is 12.5. The average molecular weight is 282 g/mol. The number of ether oxygens (including phenoxy) is 1. The van der Waals surface area contributed by atoms with Gasteiger partial charge in [0, 0.05) is 18.4 Å². The molecule has 4 nitrogen and oxygen atoms in total. The molecule has 1 heterocycles. The maximum absolute atomic E-state index is 5.75. The molecule has 0 fully saturated rings. The third kappa shape index (κ3) is 6.36. The van der Waals surface area contributed by atoms with Crippen LogP contribution in [0.4, 0.5) is 0 Å². The molecular weight excluding hydrogens is 262 g/mol. The fourth-order valence-corrected chi connectivity index (χ4v) is 1.47. The van der Waals surface area contributed by atoms with Crippen LogP contribution in [0.2, 0.25) is 5.15 Å². The summed E-state index contributed by atoms with van der Waals surface area (Å²) < 4.78 is 5.46. The van der Waals surface area contributed by atoms with Gasteiger partial charge in [0.25, 0.3) is 0 Å².